The fourth-order valence-corrected chi connectivity index (χ4v) is 6.00. The lowest BCUT2D eigenvalue weighted by atomic mass is 9.66. The number of rotatable bonds is 8. The lowest BCUT2D eigenvalue weighted by Crippen LogP contribution is -2.61. The van der Waals surface area contributed by atoms with Gasteiger partial charge in [0, 0.05) is 42.4 Å². The zero-order chi connectivity index (χ0) is 25.1. The molecule has 6 atom stereocenters. The molecular weight excluding hydrogens is 478 g/mol. The molecule has 9 heteroatoms. The summed E-state index contributed by atoms with van der Waals surface area (Å²) in [6.07, 6.45) is 1.22. The number of halogens is 1. The van der Waals surface area contributed by atoms with Gasteiger partial charge in [0.25, 0.3) is 0 Å². The van der Waals surface area contributed by atoms with Crippen molar-refractivity contribution in [1.82, 2.24) is 4.42 Å². The average molecular weight is 512 g/mol. The fourth-order valence-electron chi connectivity index (χ4n) is 4.87. The van der Waals surface area contributed by atoms with Gasteiger partial charge in [-0.1, -0.05) is 29.8 Å². The SMILES string of the molecule is COC1C(OC(=O)N(Cl)C(C)=O)CCC(O)(CSc2ccccc2)C1C1(C)OC1CC=C(C)C. The first-order valence-corrected chi connectivity index (χ1v) is 12.8. The van der Waals surface area contributed by atoms with Crippen molar-refractivity contribution < 1.29 is 28.9 Å². The molecule has 34 heavy (non-hydrogen) atoms. The number of ether oxygens (including phenoxy) is 3. The Bertz CT molecular complexity index is 910. The van der Waals surface area contributed by atoms with Crippen LogP contribution in [-0.4, -0.2) is 63.9 Å². The summed E-state index contributed by atoms with van der Waals surface area (Å²) < 4.78 is 18.0. The summed E-state index contributed by atoms with van der Waals surface area (Å²) in [5.74, 6) is -0.668. The Labute approximate surface area is 210 Å². The van der Waals surface area contributed by atoms with Gasteiger partial charge >= 0.3 is 6.09 Å². The number of methoxy groups -OCH3 is 1. The second-order valence-corrected chi connectivity index (χ2v) is 10.8. The lowest BCUT2D eigenvalue weighted by Gasteiger charge is -2.49. The Balaban J connectivity index is 1.87. The van der Waals surface area contributed by atoms with Crippen LogP contribution in [0.2, 0.25) is 0 Å². The molecule has 0 radical (unpaired) electrons. The molecule has 7 nitrogen and oxygen atoms in total. The lowest BCUT2D eigenvalue weighted by molar-refractivity contribution is -0.171. The number of carbonyl (C=O) groups excluding carboxylic acids is 2. The molecule has 2 amide bonds. The van der Waals surface area contributed by atoms with E-state index in [1.807, 2.05) is 51.1 Å². The fraction of sp³-hybridized carbons (Fsp3) is 0.600. The number of epoxide rings is 1. The van der Waals surface area contributed by atoms with Gasteiger partial charge in [0.2, 0.25) is 5.91 Å². The summed E-state index contributed by atoms with van der Waals surface area (Å²) in [7, 11) is 1.54. The van der Waals surface area contributed by atoms with Crippen molar-refractivity contribution in [3.63, 3.8) is 0 Å². The predicted octanol–water partition coefficient (Wildman–Crippen LogP) is 4.96. The maximum Gasteiger partial charge on any atom is 0.432 e. The Morgan fingerprint density at radius 1 is 1.29 bits per heavy atom. The Morgan fingerprint density at radius 2 is 1.97 bits per heavy atom. The largest absolute Gasteiger partial charge is 0.442 e. The molecule has 0 spiro atoms. The number of nitrogens with zero attached hydrogens (tertiary/aromatic N) is 1. The molecule has 0 aromatic heterocycles. The molecule has 2 fully saturated rings. The molecule has 0 bridgehead atoms. The first kappa shape index (κ1) is 27.0. The van der Waals surface area contributed by atoms with Gasteiger partial charge in [-0.2, -0.15) is 4.42 Å². The third kappa shape index (κ3) is 5.97. The van der Waals surface area contributed by atoms with Crippen molar-refractivity contribution in [2.75, 3.05) is 12.9 Å². The van der Waals surface area contributed by atoms with E-state index in [9.17, 15) is 14.7 Å². The number of amides is 2. The molecule has 1 aromatic carbocycles. The molecule has 1 saturated carbocycles. The normalized spacial score (nSPS) is 32.6. The molecular formula is C25H34ClNO6S. The van der Waals surface area contributed by atoms with Crippen LogP contribution in [0.25, 0.3) is 0 Å². The molecule has 1 aliphatic heterocycles. The van der Waals surface area contributed by atoms with Crippen LogP contribution in [0, 0.1) is 5.92 Å². The van der Waals surface area contributed by atoms with E-state index >= 15 is 0 Å². The summed E-state index contributed by atoms with van der Waals surface area (Å²) >= 11 is 7.34. The van der Waals surface area contributed by atoms with Crippen LogP contribution in [-0.2, 0) is 19.0 Å². The highest BCUT2D eigenvalue weighted by atomic mass is 35.5. The number of hydrogen-bond donors (Lipinski definition) is 1. The maximum atomic E-state index is 12.4. The highest BCUT2D eigenvalue weighted by molar-refractivity contribution is 7.99. The van der Waals surface area contributed by atoms with Gasteiger partial charge < -0.3 is 19.3 Å². The van der Waals surface area contributed by atoms with E-state index in [0.717, 1.165) is 11.3 Å². The number of carbonyl (C=O) groups is 2. The number of aliphatic hydroxyl groups is 1. The van der Waals surface area contributed by atoms with E-state index in [1.54, 1.807) is 11.8 Å². The molecule has 3 rings (SSSR count). The molecule has 1 heterocycles. The van der Waals surface area contributed by atoms with Crippen LogP contribution in [0.1, 0.15) is 47.0 Å². The zero-order valence-electron chi connectivity index (χ0n) is 20.3. The van der Waals surface area contributed by atoms with Crippen molar-refractivity contribution in [2.45, 2.75) is 81.4 Å². The topological polar surface area (TPSA) is 88.6 Å². The Kier molecular flexibility index (Phi) is 8.74. The van der Waals surface area contributed by atoms with Gasteiger partial charge in [-0.15, -0.1) is 11.8 Å². The third-order valence-corrected chi connectivity index (χ3v) is 8.29. The van der Waals surface area contributed by atoms with Crippen LogP contribution in [0.3, 0.4) is 0 Å². The van der Waals surface area contributed by atoms with Crippen LogP contribution in [0.15, 0.2) is 46.9 Å². The van der Waals surface area contributed by atoms with E-state index in [-0.39, 0.29) is 6.10 Å². The zero-order valence-corrected chi connectivity index (χ0v) is 21.9. The molecule has 1 aromatic rings. The van der Waals surface area contributed by atoms with Gasteiger partial charge in [-0.25, -0.2) is 4.79 Å². The average Bonchev–Trinajstić information content (AvgIpc) is 3.47. The predicted molar refractivity (Wildman–Crippen MR) is 132 cm³/mol. The molecule has 188 valence electrons. The van der Waals surface area contributed by atoms with Crippen LogP contribution in [0.4, 0.5) is 4.79 Å². The van der Waals surface area contributed by atoms with E-state index in [2.05, 4.69) is 6.08 Å². The number of imide groups is 1. The van der Waals surface area contributed by atoms with Gasteiger partial charge in [-0.05, 0) is 52.2 Å². The standard InChI is InChI=1S/C25H34ClNO6S/c1-16(2)11-12-20-24(4,33-20)22-21(31-5)19(32-23(29)27(26)17(3)28)13-14-25(22,30)15-34-18-9-7-6-8-10-18/h6-11,19-22,30H,12-15H2,1-5H3. The van der Waals surface area contributed by atoms with Crippen LogP contribution in [0.5, 0.6) is 0 Å². The van der Waals surface area contributed by atoms with E-state index < -0.39 is 41.3 Å². The van der Waals surface area contributed by atoms with Crippen molar-refractivity contribution in [3.8, 4) is 0 Å². The molecule has 2 aliphatic rings. The van der Waals surface area contributed by atoms with Crippen molar-refractivity contribution in [2.24, 2.45) is 5.92 Å². The molecule has 6 unspecified atom stereocenters. The first-order chi connectivity index (χ1) is 16.0. The van der Waals surface area contributed by atoms with Gasteiger partial charge in [0.05, 0.1) is 11.7 Å². The minimum Gasteiger partial charge on any atom is -0.442 e. The van der Waals surface area contributed by atoms with Gasteiger partial charge in [-0.3, -0.25) is 4.79 Å². The summed E-state index contributed by atoms with van der Waals surface area (Å²) in [5.41, 5.74) is -0.594. The van der Waals surface area contributed by atoms with Crippen molar-refractivity contribution in [3.05, 3.63) is 42.0 Å². The van der Waals surface area contributed by atoms with Gasteiger partial charge in [0.15, 0.2) is 0 Å². The van der Waals surface area contributed by atoms with Crippen molar-refractivity contribution in [1.29, 1.82) is 0 Å². The van der Waals surface area contributed by atoms with Crippen LogP contribution < -0.4 is 0 Å². The highest BCUT2D eigenvalue weighted by Gasteiger charge is 2.67. The molecule has 1 aliphatic carbocycles. The smallest absolute Gasteiger partial charge is 0.432 e. The Hall–Kier alpha value is -1.58. The van der Waals surface area contributed by atoms with Crippen LogP contribution >= 0.6 is 23.5 Å². The number of hydrogen-bond acceptors (Lipinski definition) is 7. The monoisotopic (exact) mass is 511 g/mol. The number of benzene rings is 1. The third-order valence-electron chi connectivity index (χ3n) is 6.66. The van der Waals surface area contributed by atoms with E-state index in [0.29, 0.717) is 23.0 Å². The number of thioether (sulfide) groups is 1. The summed E-state index contributed by atoms with van der Waals surface area (Å²) in [4.78, 5) is 24.9. The second kappa shape index (κ2) is 11.0. The first-order valence-electron chi connectivity index (χ1n) is 11.4. The van der Waals surface area contributed by atoms with Gasteiger partial charge in [0.1, 0.15) is 17.8 Å². The quantitative estimate of drug-likeness (QED) is 0.228. The highest BCUT2D eigenvalue weighted by Crippen LogP contribution is 2.55. The number of allylic oxidation sites excluding steroid dienone is 1. The van der Waals surface area contributed by atoms with E-state index in [4.69, 9.17) is 26.0 Å². The Morgan fingerprint density at radius 3 is 2.56 bits per heavy atom. The minimum atomic E-state index is -1.13. The molecule has 1 N–H and O–H groups in total. The minimum absolute atomic E-state index is 0.0884. The molecule has 1 saturated heterocycles. The van der Waals surface area contributed by atoms with Crippen molar-refractivity contribution >= 4 is 35.5 Å². The summed E-state index contributed by atoms with van der Waals surface area (Å²) in [5, 5.41) is 12.0. The second-order valence-electron chi connectivity index (χ2n) is 9.45. The van der Waals surface area contributed by atoms with E-state index in [1.165, 1.54) is 19.6 Å². The summed E-state index contributed by atoms with van der Waals surface area (Å²) in [6.45, 7) is 7.23. The maximum absolute atomic E-state index is 12.4. The summed E-state index contributed by atoms with van der Waals surface area (Å²) in [6, 6.07) is 9.90.